The highest BCUT2D eigenvalue weighted by Gasteiger charge is 2.37. The van der Waals surface area contributed by atoms with Crippen molar-refractivity contribution in [2.75, 3.05) is 0 Å². The zero-order valence-electron chi connectivity index (χ0n) is 10.0. The number of nitrogens with zero attached hydrogens (tertiary/aromatic N) is 1. The Morgan fingerprint density at radius 3 is 2.78 bits per heavy atom. The van der Waals surface area contributed by atoms with Gasteiger partial charge in [-0.1, -0.05) is 30.3 Å². The van der Waals surface area contributed by atoms with Gasteiger partial charge >= 0.3 is 0 Å². The third-order valence-corrected chi connectivity index (χ3v) is 4.11. The molecule has 1 saturated carbocycles. The second-order valence-electron chi connectivity index (χ2n) is 4.67. The van der Waals surface area contributed by atoms with Gasteiger partial charge in [-0.25, -0.2) is 0 Å². The number of aromatic nitrogens is 1. The summed E-state index contributed by atoms with van der Waals surface area (Å²) >= 11 is 3.52. The van der Waals surface area contributed by atoms with Gasteiger partial charge in [0.2, 0.25) is 0 Å². The highest BCUT2D eigenvalue weighted by Crippen LogP contribution is 2.40. The Morgan fingerprint density at radius 2 is 2.00 bits per heavy atom. The summed E-state index contributed by atoms with van der Waals surface area (Å²) in [5.74, 6) is 0.675. The van der Waals surface area contributed by atoms with Gasteiger partial charge in [-0.05, 0) is 40.0 Å². The van der Waals surface area contributed by atoms with Crippen LogP contribution < -0.4 is 5.32 Å². The summed E-state index contributed by atoms with van der Waals surface area (Å²) in [7, 11) is 0. The van der Waals surface area contributed by atoms with Gasteiger partial charge in [-0.2, -0.15) is 0 Å². The molecule has 18 heavy (non-hydrogen) atoms. The molecule has 3 rings (SSSR count). The Bertz CT molecular complexity index is 527. The molecule has 2 aromatic rings. The van der Waals surface area contributed by atoms with Crippen LogP contribution >= 0.6 is 15.9 Å². The number of rotatable bonds is 4. The number of pyridine rings is 1. The lowest BCUT2D eigenvalue weighted by molar-refractivity contribution is 0.658. The fourth-order valence-corrected chi connectivity index (χ4v) is 2.66. The molecule has 3 heteroatoms. The minimum atomic E-state index is 0.598. The molecule has 1 aromatic carbocycles. The Balaban J connectivity index is 1.56. The minimum Gasteiger partial charge on any atom is -0.308 e. The van der Waals surface area contributed by atoms with Gasteiger partial charge in [-0.3, -0.25) is 4.98 Å². The van der Waals surface area contributed by atoms with Gasteiger partial charge in [0.1, 0.15) is 0 Å². The van der Waals surface area contributed by atoms with Gasteiger partial charge in [0.15, 0.2) is 0 Å². The number of hydrogen-bond acceptors (Lipinski definition) is 2. The van der Waals surface area contributed by atoms with E-state index in [0.29, 0.717) is 12.0 Å². The third-order valence-electron chi connectivity index (χ3n) is 3.38. The van der Waals surface area contributed by atoms with E-state index in [9.17, 15) is 0 Å². The fourth-order valence-electron chi connectivity index (χ4n) is 2.27. The van der Waals surface area contributed by atoms with Gasteiger partial charge in [0, 0.05) is 29.2 Å². The van der Waals surface area contributed by atoms with Crippen LogP contribution in [0.3, 0.4) is 0 Å². The predicted molar refractivity (Wildman–Crippen MR) is 76.4 cm³/mol. The lowest BCUT2D eigenvalue weighted by atomic mass is 10.1. The van der Waals surface area contributed by atoms with Crippen LogP contribution in [-0.4, -0.2) is 11.0 Å². The largest absolute Gasteiger partial charge is 0.308 e. The first-order valence-corrected chi connectivity index (χ1v) is 7.01. The van der Waals surface area contributed by atoms with Crippen molar-refractivity contribution in [2.45, 2.75) is 24.9 Å². The molecule has 1 aliphatic carbocycles. The smallest absolute Gasteiger partial charge is 0.0683 e. The van der Waals surface area contributed by atoms with Crippen LogP contribution in [0.15, 0.2) is 53.1 Å². The Hall–Kier alpha value is -1.19. The SMILES string of the molecule is Brc1cccnc1CN[C@@H]1C[C@H]1c1ccccc1. The van der Waals surface area contributed by atoms with E-state index in [1.54, 1.807) is 0 Å². The van der Waals surface area contributed by atoms with Crippen LogP contribution in [0.5, 0.6) is 0 Å². The summed E-state index contributed by atoms with van der Waals surface area (Å²) in [5.41, 5.74) is 2.52. The molecule has 0 radical (unpaired) electrons. The van der Waals surface area contributed by atoms with Crippen LogP contribution in [0.1, 0.15) is 23.6 Å². The molecule has 0 saturated heterocycles. The van der Waals surface area contributed by atoms with Crippen molar-refractivity contribution < 1.29 is 0 Å². The first-order valence-electron chi connectivity index (χ1n) is 6.22. The third kappa shape index (κ3) is 2.62. The van der Waals surface area contributed by atoms with E-state index in [1.165, 1.54) is 12.0 Å². The van der Waals surface area contributed by atoms with Crippen molar-refractivity contribution in [3.63, 3.8) is 0 Å². The van der Waals surface area contributed by atoms with Crippen molar-refractivity contribution in [1.29, 1.82) is 0 Å². The highest BCUT2D eigenvalue weighted by molar-refractivity contribution is 9.10. The Kier molecular flexibility index (Phi) is 3.43. The summed E-state index contributed by atoms with van der Waals surface area (Å²) in [6, 6.07) is 15.3. The fraction of sp³-hybridized carbons (Fsp3) is 0.267. The first-order chi connectivity index (χ1) is 8.84. The van der Waals surface area contributed by atoms with E-state index in [0.717, 1.165) is 16.7 Å². The van der Waals surface area contributed by atoms with Gasteiger partial charge in [-0.15, -0.1) is 0 Å². The van der Waals surface area contributed by atoms with Crippen LogP contribution in [0.2, 0.25) is 0 Å². The topological polar surface area (TPSA) is 24.9 Å². The van der Waals surface area contributed by atoms with E-state index in [2.05, 4.69) is 56.6 Å². The van der Waals surface area contributed by atoms with Crippen molar-refractivity contribution >= 4 is 15.9 Å². The van der Waals surface area contributed by atoms with Gasteiger partial charge in [0.05, 0.1) is 5.69 Å². The van der Waals surface area contributed by atoms with E-state index in [1.807, 2.05) is 18.3 Å². The standard InChI is InChI=1S/C15H15BrN2/c16-13-7-4-8-17-15(13)10-18-14-9-12(14)11-5-2-1-3-6-11/h1-8,12,14,18H,9-10H2/t12-,14+/m0/s1. The second-order valence-corrected chi connectivity index (χ2v) is 5.53. The lowest BCUT2D eigenvalue weighted by Gasteiger charge is -2.05. The van der Waals surface area contributed by atoms with Crippen LogP contribution in [0.25, 0.3) is 0 Å². The summed E-state index contributed by atoms with van der Waals surface area (Å²) < 4.78 is 1.08. The molecule has 0 aliphatic heterocycles. The molecule has 0 unspecified atom stereocenters. The average Bonchev–Trinajstić information content (AvgIpc) is 3.18. The minimum absolute atomic E-state index is 0.598. The molecule has 1 heterocycles. The summed E-state index contributed by atoms with van der Waals surface area (Å²) in [4.78, 5) is 4.37. The molecule has 0 spiro atoms. The Morgan fingerprint density at radius 1 is 1.17 bits per heavy atom. The zero-order chi connectivity index (χ0) is 12.4. The zero-order valence-corrected chi connectivity index (χ0v) is 11.6. The summed E-state index contributed by atoms with van der Waals surface area (Å²) in [6.45, 7) is 0.829. The maximum Gasteiger partial charge on any atom is 0.0683 e. The molecule has 1 aromatic heterocycles. The monoisotopic (exact) mass is 302 g/mol. The average molecular weight is 303 g/mol. The number of hydrogen-bond donors (Lipinski definition) is 1. The molecule has 1 fully saturated rings. The first kappa shape index (κ1) is 11.9. The van der Waals surface area contributed by atoms with Crippen LogP contribution in [0.4, 0.5) is 0 Å². The molecule has 1 N–H and O–H groups in total. The summed E-state index contributed by atoms with van der Waals surface area (Å²) in [6.07, 6.45) is 3.07. The van der Waals surface area contributed by atoms with Crippen LogP contribution in [0, 0.1) is 0 Å². The molecule has 0 amide bonds. The molecule has 0 bridgehead atoms. The van der Waals surface area contributed by atoms with Crippen molar-refractivity contribution in [3.8, 4) is 0 Å². The normalized spacial score (nSPS) is 21.8. The van der Waals surface area contributed by atoms with Crippen molar-refractivity contribution in [2.24, 2.45) is 0 Å². The molecule has 2 nitrogen and oxygen atoms in total. The van der Waals surface area contributed by atoms with Crippen molar-refractivity contribution in [3.05, 3.63) is 64.4 Å². The summed E-state index contributed by atoms with van der Waals surface area (Å²) in [5, 5.41) is 3.57. The quantitative estimate of drug-likeness (QED) is 0.935. The van der Waals surface area contributed by atoms with Crippen molar-refractivity contribution in [1.82, 2.24) is 10.3 Å². The Labute approximate surface area is 116 Å². The number of halogens is 1. The predicted octanol–water partition coefficient (Wildman–Crippen LogP) is 3.49. The number of nitrogens with one attached hydrogen (secondary N) is 1. The molecular formula is C15H15BrN2. The molecule has 1 aliphatic rings. The van der Waals surface area contributed by atoms with Crippen LogP contribution in [-0.2, 0) is 6.54 Å². The van der Waals surface area contributed by atoms with E-state index >= 15 is 0 Å². The maximum atomic E-state index is 4.37. The van der Waals surface area contributed by atoms with E-state index < -0.39 is 0 Å². The second kappa shape index (κ2) is 5.21. The molecular weight excluding hydrogens is 288 g/mol. The highest BCUT2D eigenvalue weighted by atomic mass is 79.9. The number of benzene rings is 1. The van der Waals surface area contributed by atoms with Gasteiger partial charge in [0.25, 0.3) is 0 Å². The maximum absolute atomic E-state index is 4.37. The molecule has 2 atom stereocenters. The molecule has 92 valence electrons. The lowest BCUT2D eigenvalue weighted by Crippen LogP contribution is -2.18. The van der Waals surface area contributed by atoms with E-state index in [-0.39, 0.29) is 0 Å². The van der Waals surface area contributed by atoms with E-state index in [4.69, 9.17) is 0 Å². The van der Waals surface area contributed by atoms with Gasteiger partial charge < -0.3 is 5.32 Å².